The normalized spacial score (nSPS) is 36.8. The van der Waals surface area contributed by atoms with Gasteiger partial charge in [0.05, 0.1) is 11.6 Å². The monoisotopic (exact) mass is 237 g/mol. The van der Waals surface area contributed by atoms with E-state index >= 15 is 0 Å². The Morgan fingerprint density at radius 2 is 2.06 bits per heavy atom. The lowest BCUT2D eigenvalue weighted by Crippen LogP contribution is -2.36. The molecule has 17 heavy (non-hydrogen) atoms. The minimum atomic E-state index is -0.236. The molecule has 2 bridgehead atoms. The number of nitrogens with zero attached hydrogens (tertiary/aromatic N) is 1. The highest BCUT2D eigenvalue weighted by atomic mass is 16.7. The van der Waals surface area contributed by atoms with Crippen LogP contribution in [0.3, 0.4) is 0 Å². The van der Waals surface area contributed by atoms with E-state index in [2.05, 4.69) is 25.9 Å². The Morgan fingerprint density at radius 3 is 2.53 bits per heavy atom. The second-order valence-corrected chi connectivity index (χ2v) is 6.73. The number of carbonyl (C=O) groups is 1. The topological polar surface area (TPSA) is 38.7 Å². The first kappa shape index (κ1) is 12.6. The Labute approximate surface area is 104 Å². The highest BCUT2D eigenvalue weighted by Crippen LogP contribution is 2.60. The van der Waals surface area contributed by atoms with Gasteiger partial charge < -0.3 is 4.84 Å². The van der Waals surface area contributed by atoms with Crippen molar-refractivity contribution in [2.45, 2.75) is 53.9 Å². The van der Waals surface area contributed by atoms with Crippen molar-refractivity contribution < 1.29 is 9.63 Å². The van der Waals surface area contributed by atoms with Crippen molar-refractivity contribution in [3.8, 4) is 0 Å². The molecule has 2 aliphatic rings. The van der Waals surface area contributed by atoms with Gasteiger partial charge in [-0.2, -0.15) is 0 Å². The van der Waals surface area contributed by atoms with Crippen LogP contribution in [0.15, 0.2) is 5.16 Å². The Balaban J connectivity index is 2.20. The van der Waals surface area contributed by atoms with Crippen molar-refractivity contribution in [1.29, 1.82) is 0 Å². The Bertz CT molecular complexity index is 364. The van der Waals surface area contributed by atoms with Gasteiger partial charge in [-0.1, -0.05) is 39.8 Å². The van der Waals surface area contributed by atoms with E-state index in [-0.39, 0.29) is 22.7 Å². The van der Waals surface area contributed by atoms with Gasteiger partial charge in [-0.25, -0.2) is 4.79 Å². The second kappa shape index (κ2) is 3.82. The Kier molecular flexibility index (Phi) is 2.83. The molecule has 0 N–H and O–H groups in total. The molecule has 2 saturated carbocycles. The van der Waals surface area contributed by atoms with Crippen molar-refractivity contribution in [3.63, 3.8) is 0 Å². The summed E-state index contributed by atoms with van der Waals surface area (Å²) in [7, 11) is 0. The number of carbonyl (C=O) groups excluding carboxylic acids is 1. The van der Waals surface area contributed by atoms with Crippen LogP contribution in [-0.4, -0.2) is 11.7 Å². The maximum Gasteiger partial charge on any atom is 0.337 e. The molecule has 0 aromatic rings. The summed E-state index contributed by atoms with van der Waals surface area (Å²) in [6.45, 7) is 10.4. The summed E-state index contributed by atoms with van der Waals surface area (Å²) < 4.78 is 0. The molecule has 0 amide bonds. The largest absolute Gasteiger partial charge is 0.337 e. The summed E-state index contributed by atoms with van der Waals surface area (Å²) in [5.74, 6) is 0.345. The zero-order valence-corrected chi connectivity index (χ0v) is 11.5. The molecule has 0 saturated heterocycles. The zero-order valence-electron chi connectivity index (χ0n) is 11.5. The van der Waals surface area contributed by atoms with Gasteiger partial charge in [-0.15, -0.1) is 0 Å². The third-order valence-corrected chi connectivity index (χ3v) is 4.64. The van der Waals surface area contributed by atoms with Crippen LogP contribution in [-0.2, 0) is 9.63 Å². The molecular formula is C14H23NO2. The molecule has 2 fully saturated rings. The lowest BCUT2D eigenvalue weighted by molar-refractivity contribution is -0.147. The number of fused-ring (bicyclic) bond motifs is 2. The first-order valence-electron chi connectivity index (χ1n) is 6.57. The average Bonchev–Trinajstić information content (AvgIpc) is 2.68. The second-order valence-electron chi connectivity index (χ2n) is 6.73. The summed E-state index contributed by atoms with van der Waals surface area (Å²) in [6, 6.07) is 0. The van der Waals surface area contributed by atoms with Crippen molar-refractivity contribution in [2.24, 2.45) is 27.8 Å². The Morgan fingerprint density at radius 1 is 1.41 bits per heavy atom. The summed E-state index contributed by atoms with van der Waals surface area (Å²) in [5.41, 5.74) is 1.34. The van der Waals surface area contributed by atoms with E-state index in [1.807, 2.05) is 13.8 Å². The van der Waals surface area contributed by atoms with Gasteiger partial charge in [0.2, 0.25) is 0 Å². The molecule has 0 aromatic carbocycles. The fourth-order valence-corrected chi connectivity index (χ4v) is 3.47. The van der Waals surface area contributed by atoms with Crippen LogP contribution in [0.4, 0.5) is 0 Å². The molecule has 2 aliphatic carbocycles. The van der Waals surface area contributed by atoms with E-state index < -0.39 is 0 Å². The molecule has 2 rings (SSSR count). The number of hydrogen-bond acceptors (Lipinski definition) is 3. The van der Waals surface area contributed by atoms with Crippen LogP contribution in [0.25, 0.3) is 0 Å². The van der Waals surface area contributed by atoms with Crippen molar-refractivity contribution in [3.05, 3.63) is 0 Å². The van der Waals surface area contributed by atoms with E-state index in [0.717, 1.165) is 5.71 Å². The van der Waals surface area contributed by atoms with Crippen molar-refractivity contribution in [1.82, 2.24) is 0 Å². The van der Waals surface area contributed by atoms with Crippen LogP contribution in [0, 0.1) is 22.7 Å². The van der Waals surface area contributed by atoms with E-state index in [4.69, 9.17) is 4.84 Å². The highest BCUT2D eigenvalue weighted by molar-refractivity contribution is 5.97. The van der Waals surface area contributed by atoms with Gasteiger partial charge in [0, 0.05) is 10.8 Å². The van der Waals surface area contributed by atoms with Crippen LogP contribution in [0.5, 0.6) is 0 Å². The number of oxime groups is 1. The molecule has 0 radical (unpaired) electrons. The zero-order chi connectivity index (χ0) is 12.8. The number of rotatable bonds is 2. The van der Waals surface area contributed by atoms with Gasteiger partial charge in [0.15, 0.2) is 0 Å². The quantitative estimate of drug-likeness (QED) is 0.545. The van der Waals surface area contributed by atoms with Gasteiger partial charge in [-0.3, -0.25) is 0 Å². The van der Waals surface area contributed by atoms with Crippen LogP contribution >= 0.6 is 0 Å². The summed E-state index contributed by atoms with van der Waals surface area (Å²) in [4.78, 5) is 16.6. The van der Waals surface area contributed by atoms with E-state index in [9.17, 15) is 4.79 Å². The maximum absolute atomic E-state index is 11.5. The molecule has 0 unspecified atom stereocenters. The highest BCUT2D eigenvalue weighted by Gasteiger charge is 2.57. The first-order valence-corrected chi connectivity index (χ1v) is 6.57. The van der Waals surface area contributed by atoms with Crippen LogP contribution in [0.2, 0.25) is 0 Å². The summed E-state index contributed by atoms with van der Waals surface area (Å²) in [6.07, 6.45) is 3.65. The molecule has 0 aliphatic heterocycles. The molecule has 3 heteroatoms. The third-order valence-electron chi connectivity index (χ3n) is 4.64. The fourth-order valence-electron chi connectivity index (χ4n) is 3.47. The third kappa shape index (κ3) is 1.90. The molecule has 3 nitrogen and oxygen atoms in total. The van der Waals surface area contributed by atoms with E-state index in [1.54, 1.807) is 0 Å². The first-order chi connectivity index (χ1) is 7.77. The summed E-state index contributed by atoms with van der Waals surface area (Å²) in [5, 5.41) is 4.22. The van der Waals surface area contributed by atoms with Crippen molar-refractivity contribution in [2.75, 3.05) is 0 Å². The summed E-state index contributed by atoms with van der Waals surface area (Å²) >= 11 is 0. The van der Waals surface area contributed by atoms with E-state index in [1.165, 1.54) is 19.3 Å². The fraction of sp³-hybridized carbons (Fsp3) is 0.857. The smallest absolute Gasteiger partial charge is 0.318 e. The molecule has 2 atom stereocenters. The lowest BCUT2D eigenvalue weighted by atomic mass is 9.71. The minimum absolute atomic E-state index is 0.0876. The molecule has 0 aromatic heterocycles. The minimum Gasteiger partial charge on any atom is -0.318 e. The molecule has 0 spiro atoms. The van der Waals surface area contributed by atoms with Gasteiger partial charge >= 0.3 is 5.97 Å². The SMILES string of the molecule is CC(C)C(=O)O/N=C1/C(C)(C)[C@H]2CC[C@]1(C)C2. The Hall–Kier alpha value is -0.860. The standard InChI is InChI=1S/C14H23NO2/c1-9(2)11(16)17-15-12-13(3,4)10-6-7-14(12,5)8-10/h9-10H,6-8H2,1-5H3/b15-12-/t10-,14+/m0/s1. The molecule has 0 heterocycles. The van der Waals surface area contributed by atoms with Gasteiger partial charge in [0.1, 0.15) is 0 Å². The lowest BCUT2D eigenvalue weighted by Gasteiger charge is -2.34. The van der Waals surface area contributed by atoms with Gasteiger partial charge in [-0.05, 0) is 25.2 Å². The van der Waals surface area contributed by atoms with E-state index in [0.29, 0.717) is 5.92 Å². The average molecular weight is 237 g/mol. The van der Waals surface area contributed by atoms with Crippen LogP contribution < -0.4 is 0 Å². The predicted molar refractivity (Wildman–Crippen MR) is 67.6 cm³/mol. The molecular weight excluding hydrogens is 214 g/mol. The molecule has 96 valence electrons. The van der Waals surface area contributed by atoms with Gasteiger partial charge in [0.25, 0.3) is 0 Å². The number of hydrogen-bond donors (Lipinski definition) is 0. The maximum atomic E-state index is 11.5. The van der Waals surface area contributed by atoms with Crippen molar-refractivity contribution >= 4 is 11.7 Å². The van der Waals surface area contributed by atoms with Crippen LogP contribution in [0.1, 0.15) is 53.9 Å². The predicted octanol–water partition coefficient (Wildman–Crippen LogP) is 3.39.